The monoisotopic (exact) mass is 681 g/mol. The van der Waals surface area contributed by atoms with E-state index in [4.69, 9.17) is 14.2 Å². The van der Waals surface area contributed by atoms with Gasteiger partial charge in [0.15, 0.2) is 6.29 Å². The van der Waals surface area contributed by atoms with Crippen LogP contribution in [0.5, 0.6) is 0 Å². The van der Waals surface area contributed by atoms with Gasteiger partial charge in [0.05, 0.1) is 6.61 Å². The van der Waals surface area contributed by atoms with Gasteiger partial charge < -0.3 is 29.0 Å². The maximum absolute atomic E-state index is 13.8. The minimum atomic E-state index is -0.620. The Hall–Kier alpha value is -2.88. The Bertz CT molecular complexity index is 1410. The number of nitrogens with zero attached hydrogens (tertiary/aromatic N) is 2. The number of rotatable bonds is 11. The smallest absolute Gasteiger partial charge is 0.407 e. The van der Waals surface area contributed by atoms with E-state index in [2.05, 4.69) is 56.1 Å². The molecule has 0 bridgehead atoms. The second kappa shape index (κ2) is 15.6. The van der Waals surface area contributed by atoms with Crippen molar-refractivity contribution in [3.63, 3.8) is 0 Å². The summed E-state index contributed by atoms with van der Waals surface area (Å²) in [5.41, 5.74) is 2.93. The topological polar surface area (TPSA) is 82.0 Å². The Morgan fingerprint density at radius 2 is 1.87 bits per heavy atom. The number of hydrogen-bond acceptors (Lipinski definition) is 5. The quantitative estimate of drug-likeness (QED) is 0.211. The fourth-order valence-corrected chi connectivity index (χ4v) is 6.70. The lowest BCUT2D eigenvalue weighted by Crippen LogP contribution is -2.46. The Kier molecular flexibility index (Phi) is 11.6. The Morgan fingerprint density at radius 3 is 2.62 bits per heavy atom. The fourth-order valence-electron chi connectivity index (χ4n) is 6.44. The van der Waals surface area contributed by atoms with Gasteiger partial charge in [0.2, 0.25) is 5.91 Å². The van der Waals surface area contributed by atoms with Gasteiger partial charge in [0.1, 0.15) is 5.60 Å². The molecule has 2 aromatic carbocycles. The molecule has 3 heterocycles. The molecule has 9 heteroatoms. The predicted molar refractivity (Wildman–Crippen MR) is 180 cm³/mol. The number of aromatic nitrogens is 1. The van der Waals surface area contributed by atoms with Gasteiger partial charge in [-0.25, -0.2) is 4.79 Å². The summed E-state index contributed by atoms with van der Waals surface area (Å²) in [5, 5.41) is 4.21. The van der Waals surface area contributed by atoms with Crippen LogP contribution in [-0.2, 0) is 32.0 Å². The molecule has 2 aliphatic rings. The van der Waals surface area contributed by atoms with Crippen LogP contribution in [0, 0.1) is 0 Å². The average molecular weight is 683 g/mol. The van der Waals surface area contributed by atoms with Crippen LogP contribution >= 0.6 is 15.9 Å². The highest BCUT2D eigenvalue weighted by Crippen LogP contribution is 2.32. The Morgan fingerprint density at radius 1 is 1.07 bits per heavy atom. The number of hydrogen-bond donors (Lipinski definition) is 1. The van der Waals surface area contributed by atoms with Crippen molar-refractivity contribution < 1.29 is 23.8 Å². The third kappa shape index (κ3) is 9.80. The van der Waals surface area contributed by atoms with Gasteiger partial charge in [-0.2, -0.15) is 0 Å². The SMILES string of the molecule is CC(C)(C)OC(=O)N[C@@H](CC(=O)N1CCC[C@@H](c2cc3ccccc3n2CCCOC2CCCCO2)C1)Cc1ccc(Br)cc1. The number of piperidine rings is 1. The molecule has 8 nitrogen and oxygen atoms in total. The largest absolute Gasteiger partial charge is 0.444 e. The number of benzene rings is 2. The highest BCUT2D eigenvalue weighted by atomic mass is 79.9. The van der Waals surface area contributed by atoms with Gasteiger partial charge in [-0.05, 0) is 101 Å². The zero-order valence-electron chi connectivity index (χ0n) is 26.9. The molecule has 2 saturated heterocycles. The Balaban J connectivity index is 1.26. The van der Waals surface area contributed by atoms with Gasteiger partial charge in [-0.15, -0.1) is 0 Å². The number of aryl methyl sites for hydroxylation is 1. The van der Waals surface area contributed by atoms with Crippen LogP contribution in [0.2, 0.25) is 0 Å². The van der Waals surface area contributed by atoms with Crippen LogP contribution in [0.3, 0.4) is 0 Å². The lowest BCUT2D eigenvalue weighted by atomic mass is 9.93. The van der Waals surface area contributed by atoms with Crippen LogP contribution in [0.15, 0.2) is 59.1 Å². The summed E-state index contributed by atoms with van der Waals surface area (Å²) in [6, 6.07) is 18.4. The van der Waals surface area contributed by atoms with Crippen molar-refractivity contribution >= 4 is 38.8 Å². The van der Waals surface area contributed by atoms with E-state index in [0.717, 1.165) is 68.3 Å². The highest BCUT2D eigenvalue weighted by Gasteiger charge is 2.30. The average Bonchev–Trinajstić information content (AvgIpc) is 3.38. The molecule has 3 aromatic rings. The van der Waals surface area contributed by atoms with E-state index in [1.165, 1.54) is 16.6 Å². The summed E-state index contributed by atoms with van der Waals surface area (Å²) in [6.07, 6.45) is 6.30. The maximum Gasteiger partial charge on any atom is 0.407 e. The molecule has 2 amide bonds. The molecule has 0 saturated carbocycles. The Labute approximate surface area is 275 Å². The van der Waals surface area contributed by atoms with E-state index in [0.29, 0.717) is 19.6 Å². The summed E-state index contributed by atoms with van der Waals surface area (Å²) < 4.78 is 20.7. The van der Waals surface area contributed by atoms with Gasteiger partial charge in [-0.3, -0.25) is 4.79 Å². The first-order chi connectivity index (χ1) is 21.6. The lowest BCUT2D eigenvalue weighted by Gasteiger charge is -2.34. The second-order valence-electron chi connectivity index (χ2n) is 13.4. The minimum absolute atomic E-state index is 0.0569. The zero-order chi connectivity index (χ0) is 31.8. The summed E-state index contributed by atoms with van der Waals surface area (Å²) in [7, 11) is 0. The van der Waals surface area contributed by atoms with Gasteiger partial charge in [-0.1, -0.05) is 46.3 Å². The molecular weight excluding hydrogens is 634 g/mol. The molecule has 2 aliphatic heterocycles. The number of likely N-dealkylation sites (tertiary alicyclic amines) is 1. The molecule has 5 rings (SSSR count). The van der Waals surface area contributed by atoms with Crippen LogP contribution in [0.1, 0.15) is 82.9 Å². The second-order valence-corrected chi connectivity index (χ2v) is 14.3. The van der Waals surface area contributed by atoms with E-state index in [1.807, 2.05) is 49.9 Å². The number of ether oxygens (including phenoxy) is 3. The van der Waals surface area contributed by atoms with Gasteiger partial charge in [0, 0.05) is 60.3 Å². The van der Waals surface area contributed by atoms with Crippen molar-refractivity contribution in [2.24, 2.45) is 0 Å². The van der Waals surface area contributed by atoms with Crippen LogP contribution in [0.25, 0.3) is 10.9 Å². The number of carbonyl (C=O) groups is 2. The van der Waals surface area contributed by atoms with Crippen molar-refractivity contribution in [1.82, 2.24) is 14.8 Å². The number of para-hydroxylation sites is 1. The van der Waals surface area contributed by atoms with Crippen LogP contribution in [-0.4, -0.2) is 65.7 Å². The lowest BCUT2D eigenvalue weighted by molar-refractivity contribution is -0.163. The summed E-state index contributed by atoms with van der Waals surface area (Å²) in [4.78, 5) is 28.5. The van der Waals surface area contributed by atoms with E-state index in [9.17, 15) is 9.59 Å². The molecule has 244 valence electrons. The van der Waals surface area contributed by atoms with E-state index in [1.54, 1.807) is 0 Å². The number of fused-ring (bicyclic) bond motifs is 1. The standard InChI is InChI=1S/C36H48BrN3O5/c1-36(2,3)45-35(42)38-30(22-26-14-16-29(37)17-15-26)24-33(41)39-18-8-11-28(25-39)32-23-27-10-4-5-12-31(27)40(32)19-9-21-44-34-13-6-7-20-43-34/h4-5,10,12,14-17,23,28,30,34H,6-9,11,13,18-22,24-25H2,1-3H3,(H,38,42)/t28-,30-,34?/m1/s1. The molecule has 45 heavy (non-hydrogen) atoms. The van der Waals surface area contributed by atoms with Crippen molar-refractivity contribution in [1.29, 1.82) is 0 Å². The number of carbonyl (C=O) groups excluding carboxylic acids is 2. The predicted octanol–water partition coefficient (Wildman–Crippen LogP) is 7.57. The number of amides is 2. The molecule has 0 aliphatic carbocycles. The molecule has 0 spiro atoms. The van der Waals surface area contributed by atoms with Gasteiger partial charge >= 0.3 is 6.09 Å². The molecule has 1 N–H and O–H groups in total. The number of nitrogens with one attached hydrogen (secondary N) is 1. The fraction of sp³-hybridized carbons (Fsp3) is 0.556. The number of alkyl carbamates (subject to hydrolysis) is 1. The zero-order valence-corrected chi connectivity index (χ0v) is 28.5. The third-order valence-electron chi connectivity index (χ3n) is 8.54. The summed E-state index contributed by atoms with van der Waals surface area (Å²) in [5.74, 6) is 0.294. The molecule has 1 aromatic heterocycles. The first kappa shape index (κ1) is 33.5. The van der Waals surface area contributed by atoms with Crippen molar-refractivity contribution in [2.75, 3.05) is 26.3 Å². The van der Waals surface area contributed by atoms with Crippen molar-refractivity contribution in [3.8, 4) is 0 Å². The van der Waals surface area contributed by atoms with Gasteiger partial charge in [0.25, 0.3) is 0 Å². The summed E-state index contributed by atoms with van der Waals surface area (Å²) in [6.45, 7) is 9.22. The molecule has 0 radical (unpaired) electrons. The van der Waals surface area contributed by atoms with Crippen LogP contribution in [0.4, 0.5) is 4.79 Å². The first-order valence-electron chi connectivity index (χ1n) is 16.5. The molecule has 2 fully saturated rings. The maximum atomic E-state index is 13.8. The van der Waals surface area contributed by atoms with E-state index < -0.39 is 11.7 Å². The number of halogens is 1. The normalized spacial score (nSPS) is 19.8. The summed E-state index contributed by atoms with van der Waals surface area (Å²) >= 11 is 3.49. The third-order valence-corrected chi connectivity index (χ3v) is 9.07. The molecular formula is C36H48BrN3O5. The van der Waals surface area contributed by atoms with Crippen LogP contribution < -0.4 is 5.32 Å². The molecule has 3 atom stereocenters. The van der Waals surface area contributed by atoms with E-state index in [-0.39, 0.29) is 30.6 Å². The minimum Gasteiger partial charge on any atom is -0.444 e. The highest BCUT2D eigenvalue weighted by molar-refractivity contribution is 9.10. The first-order valence-corrected chi connectivity index (χ1v) is 17.3. The van der Waals surface area contributed by atoms with E-state index >= 15 is 0 Å². The molecule has 1 unspecified atom stereocenters. The van der Waals surface area contributed by atoms with Crippen molar-refractivity contribution in [2.45, 2.75) is 103 Å². The van der Waals surface area contributed by atoms with Crippen molar-refractivity contribution in [3.05, 3.63) is 70.3 Å².